The van der Waals surface area contributed by atoms with E-state index in [0.29, 0.717) is 5.56 Å². The number of aromatic nitrogens is 2. The minimum atomic E-state index is -4.80. The number of halogens is 3. The lowest BCUT2D eigenvalue weighted by atomic mass is 10.0. The van der Waals surface area contributed by atoms with Crippen molar-refractivity contribution >= 4 is 10.0 Å². The van der Waals surface area contributed by atoms with Crippen LogP contribution in [0, 0.1) is 6.92 Å². The first kappa shape index (κ1) is 18.2. The van der Waals surface area contributed by atoms with Crippen molar-refractivity contribution in [1.82, 2.24) is 9.78 Å². The predicted octanol–water partition coefficient (Wildman–Crippen LogP) is 3.51. The Hall–Kier alpha value is -2.65. The van der Waals surface area contributed by atoms with Gasteiger partial charge in [0.15, 0.2) is 0 Å². The van der Waals surface area contributed by atoms with Crippen molar-refractivity contribution in [2.75, 3.05) is 0 Å². The van der Waals surface area contributed by atoms with Gasteiger partial charge in [0.1, 0.15) is 4.90 Å². The zero-order chi connectivity index (χ0) is 19.1. The van der Waals surface area contributed by atoms with E-state index in [9.17, 15) is 21.6 Å². The molecule has 136 valence electrons. The highest BCUT2D eigenvalue weighted by molar-refractivity contribution is 7.89. The standard InChI is InChI=1S/C17H14F3N3O2S/c1-11-3-5-12(6-4-11)13-9-14(17(18,19)20)16(23-8-2-7-22-23)15(10-13)26(21,24)25/h2-10H,1H3,(H2,21,24,25). The molecule has 2 N–H and O–H groups in total. The van der Waals surface area contributed by atoms with E-state index in [2.05, 4.69) is 5.10 Å². The highest BCUT2D eigenvalue weighted by atomic mass is 32.2. The molecule has 1 heterocycles. The first-order chi connectivity index (χ1) is 12.1. The maximum atomic E-state index is 13.7. The molecule has 3 rings (SSSR count). The fourth-order valence-electron chi connectivity index (χ4n) is 2.59. The zero-order valence-corrected chi connectivity index (χ0v) is 14.3. The van der Waals surface area contributed by atoms with Crippen LogP contribution in [0.1, 0.15) is 11.1 Å². The number of alkyl halides is 3. The lowest BCUT2D eigenvalue weighted by Crippen LogP contribution is -2.20. The van der Waals surface area contributed by atoms with E-state index in [-0.39, 0.29) is 5.56 Å². The molecule has 0 fully saturated rings. The first-order valence-corrected chi connectivity index (χ1v) is 8.97. The lowest BCUT2D eigenvalue weighted by molar-refractivity contribution is -0.137. The van der Waals surface area contributed by atoms with E-state index in [1.165, 1.54) is 18.5 Å². The van der Waals surface area contributed by atoms with E-state index >= 15 is 0 Å². The average molecular weight is 381 g/mol. The average Bonchev–Trinajstić information content (AvgIpc) is 3.07. The molecule has 3 aromatic rings. The Bertz CT molecular complexity index is 1040. The van der Waals surface area contributed by atoms with E-state index in [4.69, 9.17) is 5.14 Å². The molecule has 0 unspecified atom stereocenters. The quantitative estimate of drug-likeness (QED) is 0.754. The Kier molecular flexibility index (Phi) is 4.37. The Labute approximate surface area is 147 Å². The molecule has 5 nitrogen and oxygen atoms in total. The molecule has 0 radical (unpaired) electrons. The predicted molar refractivity (Wildman–Crippen MR) is 90.1 cm³/mol. The molecule has 26 heavy (non-hydrogen) atoms. The Morgan fingerprint density at radius 3 is 2.23 bits per heavy atom. The van der Waals surface area contributed by atoms with Crippen LogP contribution < -0.4 is 5.14 Å². The third kappa shape index (κ3) is 3.49. The van der Waals surface area contributed by atoms with Gasteiger partial charge in [-0.05, 0) is 36.2 Å². The van der Waals surface area contributed by atoms with Crippen LogP contribution in [0.25, 0.3) is 16.8 Å². The van der Waals surface area contributed by atoms with Crippen LogP contribution in [0.3, 0.4) is 0 Å². The summed E-state index contributed by atoms with van der Waals surface area (Å²) in [6.07, 6.45) is -2.33. The van der Waals surface area contributed by atoms with E-state index in [1.54, 1.807) is 24.3 Å². The number of benzene rings is 2. The highest BCUT2D eigenvalue weighted by Crippen LogP contribution is 2.39. The van der Waals surface area contributed by atoms with E-state index in [0.717, 1.165) is 22.4 Å². The minimum Gasteiger partial charge on any atom is -0.239 e. The molecule has 9 heteroatoms. The van der Waals surface area contributed by atoms with Gasteiger partial charge in [-0.15, -0.1) is 0 Å². The van der Waals surface area contributed by atoms with E-state index in [1.807, 2.05) is 6.92 Å². The van der Waals surface area contributed by atoms with Crippen LogP contribution in [-0.2, 0) is 16.2 Å². The van der Waals surface area contributed by atoms with Gasteiger partial charge in [-0.2, -0.15) is 18.3 Å². The monoisotopic (exact) mass is 381 g/mol. The van der Waals surface area contributed by atoms with Crippen LogP contribution in [0.15, 0.2) is 59.8 Å². The molecule has 0 aliphatic heterocycles. The third-order valence-corrected chi connectivity index (χ3v) is 4.73. The number of rotatable bonds is 3. The summed E-state index contributed by atoms with van der Waals surface area (Å²) in [5.74, 6) is 0. The third-order valence-electron chi connectivity index (χ3n) is 3.81. The van der Waals surface area contributed by atoms with Crippen LogP contribution in [0.2, 0.25) is 0 Å². The van der Waals surface area contributed by atoms with Crippen LogP contribution in [0.4, 0.5) is 13.2 Å². The number of hydrogen-bond donors (Lipinski definition) is 1. The van der Waals surface area contributed by atoms with Crippen molar-refractivity contribution in [2.45, 2.75) is 18.0 Å². The normalized spacial score (nSPS) is 12.3. The second kappa shape index (κ2) is 6.26. The molecule has 1 aromatic heterocycles. The SMILES string of the molecule is Cc1ccc(-c2cc(C(F)(F)F)c(-n3cccn3)c(S(N)(=O)=O)c2)cc1. The first-order valence-electron chi connectivity index (χ1n) is 7.42. The molecule has 0 aliphatic rings. The summed E-state index contributed by atoms with van der Waals surface area (Å²) >= 11 is 0. The van der Waals surface area contributed by atoms with Gasteiger partial charge >= 0.3 is 6.18 Å². The molecular weight excluding hydrogens is 367 g/mol. The summed E-state index contributed by atoms with van der Waals surface area (Å²) in [4.78, 5) is -0.647. The summed E-state index contributed by atoms with van der Waals surface area (Å²) in [7, 11) is -4.44. The Morgan fingerprint density at radius 2 is 1.73 bits per heavy atom. The number of primary sulfonamides is 1. The molecule has 0 spiro atoms. The minimum absolute atomic E-state index is 0.0947. The topological polar surface area (TPSA) is 78.0 Å². The molecule has 0 bridgehead atoms. The van der Waals surface area contributed by atoms with E-state index < -0.39 is 32.3 Å². The van der Waals surface area contributed by atoms with Gasteiger partial charge in [-0.1, -0.05) is 29.8 Å². The van der Waals surface area contributed by atoms with Gasteiger partial charge in [-0.25, -0.2) is 18.2 Å². The van der Waals surface area contributed by atoms with Crippen molar-refractivity contribution in [3.05, 3.63) is 66.0 Å². The van der Waals surface area contributed by atoms with Gasteiger partial charge in [0, 0.05) is 12.4 Å². The molecular formula is C17H14F3N3O2S. The van der Waals surface area contributed by atoms with Crippen LogP contribution in [0.5, 0.6) is 0 Å². The summed E-state index contributed by atoms with van der Waals surface area (Å²) in [5, 5.41) is 8.96. The second-order valence-electron chi connectivity index (χ2n) is 5.73. The van der Waals surface area contributed by atoms with Crippen LogP contribution >= 0.6 is 0 Å². The molecule has 0 saturated carbocycles. The molecule has 2 aromatic carbocycles. The number of sulfonamides is 1. The van der Waals surface area contributed by atoms with Gasteiger partial charge in [-0.3, -0.25) is 0 Å². The number of aryl methyl sites for hydroxylation is 1. The van der Waals surface area contributed by atoms with Gasteiger partial charge in [0.25, 0.3) is 0 Å². The van der Waals surface area contributed by atoms with Gasteiger partial charge in [0.2, 0.25) is 10.0 Å². The Balaban J connectivity index is 2.40. The second-order valence-corrected chi connectivity index (χ2v) is 7.26. The van der Waals surface area contributed by atoms with Crippen molar-refractivity contribution in [2.24, 2.45) is 5.14 Å². The lowest BCUT2D eigenvalue weighted by Gasteiger charge is -2.18. The number of nitrogens with zero attached hydrogens (tertiary/aromatic N) is 2. The number of nitrogens with two attached hydrogens (primary N) is 1. The van der Waals surface area contributed by atoms with Crippen LogP contribution in [-0.4, -0.2) is 18.2 Å². The molecule has 0 amide bonds. The van der Waals surface area contributed by atoms with Gasteiger partial charge < -0.3 is 0 Å². The molecule has 0 saturated heterocycles. The maximum absolute atomic E-state index is 13.7. The fourth-order valence-corrected chi connectivity index (χ4v) is 3.36. The Morgan fingerprint density at radius 1 is 1.08 bits per heavy atom. The largest absolute Gasteiger partial charge is 0.418 e. The fraction of sp³-hybridized carbons (Fsp3) is 0.118. The van der Waals surface area contributed by atoms with Crippen molar-refractivity contribution in [3.8, 4) is 16.8 Å². The highest BCUT2D eigenvalue weighted by Gasteiger charge is 2.37. The molecule has 0 atom stereocenters. The zero-order valence-electron chi connectivity index (χ0n) is 13.5. The smallest absolute Gasteiger partial charge is 0.239 e. The summed E-state index contributed by atoms with van der Waals surface area (Å²) < 4.78 is 66.0. The number of hydrogen-bond acceptors (Lipinski definition) is 3. The summed E-state index contributed by atoms with van der Waals surface area (Å²) in [5.41, 5.74) is -0.302. The summed E-state index contributed by atoms with van der Waals surface area (Å²) in [6, 6.07) is 10.1. The molecule has 0 aliphatic carbocycles. The van der Waals surface area contributed by atoms with Gasteiger partial charge in [0.05, 0.1) is 11.3 Å². The van der Waals surface area contributed by atoms with Crippen molar-refractivity contribution in [3.63, 3.8) is 0 Å². The maximum Gasteiger partial charge on any atom is 0.418 e. The van der Waals surface area contributed by atoms with Crippen molar-refractivity contribution < 1.29 is 21.6 Å². The van der Waals surface area contributed by atoms with Crippen molar-refractivity contribution in [1.29, 1.82) is 0 Å². The summed E-state index contributed by atoms with van der Waals surface area (Å²) in [6.45, 7) is 1.83.